The number of anilines is 3. The highest BCUT2D eigenvalue weighted by Gasteiger charge is 2.33. The monoisotopic (exact) mass is 587 g/mol. The Kier molecular flexibility index (Phi) is 7.07. The Balaban J connectivity index is 1.18. The minimum absolute atomic E-state index is 0.0202. The van der Waals surface area contributed by atoms with E-state index in [1.54, 1.807) is 23.8 Å². The number of aryl methyl sites for hydroxylation is 1. The maximum absolute atomic E-state index is 15.7. The first-order valence-electron chi connectivity index (χ1n) is 15.4. The number of nitrogens with zero attached hydrogens (tertiary/aromatic N) is 6. The number of rotatable bonds is 5. The van der Waals surface area contributed by atoms with Crippen molar-refractivity contribution >= 4 is 34.1 Å². The van der Waals surface area contributed by atoms with Gasteiger partial charge in [-0.25, -0.2) is 9.37 Å². The van der Waals surface area contributed by atoms with Crippen molar-refractivity contribution in [1.29, 1.82) is 0 Å². The average molecular weight is 588 g/mol. The van der Waals surface area contributed by atoms with Crippen LogP contribution < -0.4 is 20.5 Å². The zero-order valence-corrected chi connectivity index (χ0v) is 25.0. The minimum Gasteiger partial charge on any atom is -0.485 e. The lowest BCUT2D eigenvalue weighted by atomic mass is 10.0. The molecule has 2 aromatic heterocycles. The van der Waals surface area contributed by atoms with Crippen LogP contribution in [0.5, 0.6) is 5.75 Å². The van der Waals surface area contributed by atoms with E-state index >= 15 is 4.39 Å². The fourth-order valence-electron chi connectivity index (χ4n) is 7.28. The molecule has 4 aliphatic rings. The number of halogens is 1. The third kappa shape index (κ3) is 4.93. The van der Waals surface area contributed by atoms with E-state index in [0.717, 1.165) is 63.9 Å². The van der Waals surface area contributed by atoms with Crippen LogP contribution in [0.3, 0.4) is 0 Å². The summed E-state index contributed by atoms with van der Waals surface area (Å²) in [6.07, 6.45) is 9.83. The molecule has 0 amide bonds. The van der Waals surface area contributed by atoms with Crippen molar-refractivity contribution in [3.8, 4) is 5.75 Å². The summed E-state index contributed by atoms with van der Waals surface area (Å²) in [6, 6.07) is 3.71. The molecule has 7 rings (SSSR count). The van der Waals surface area contributed by atoms with Crippen molar-refractivity contribution in [3.63, 3.8) is 0 Å². The zero-order valence-electron chi connectivity index (χ0n) is 25.0. The average Bonchev–Trinajstić information content (AvgIpc) is 3.51. The standard InChI is InChI=1S/C32H38FN7O3/c1-19-25-16-34-32(36-30(25)40(23-6-4-5-7-23)31(42)28(19)20(2)41)35-21-14-26(33)29-27(15-21)43-18-24-17-38(12-13-39(24)29)22-8-10-37(3)11-9-22/h14-17,22-23H,4-13,18H2,1-3H3,(H,34,35,36). The van der Waals surface area contributed by atoms with Crippen molar-refractivity contribution in [3.05, 3.63) is 57.5 Å². The van der Waals surface area contributed by atoms with Gasteiger partial charge in [-0.1, -0.05) is 12.8 Å². The molecular weight excluding hydrogens is 549 g/mol. The Morgan fingerprint density at radius 3 is 2.58 bits per heavy atom. The summed E-state index contributed by atoms with van der Waals surface area (Å²) < 4.78 is 23.5. The number of benzene rings is 1. The summed E-state index contributed by atoms with van der Waals surface area (Å²) in [6.45, 7) is 7.29. The summed E-state index contributed by atoms with van der Waals surface area (Å²) in [5.41, 5.74) is 2.85. The van der Waals surface area contributed by atoms with Gasteiger partial charge in [0, 0.05) is 54.7 Å². The second kappa shape index (κ2) is 10.9. The lowest BCUT2D eigenvalue weighted by molar-refractivity contribution is 0.101. The van der Waals surface area contributed by atoms with Crippen molar-refractivity contribution < 1.29 is 13.9 Å². The molecule has 1 saturated heterocycles. The molecule has 43 heavy (non-hydrogen) atoms. The maximum Gasteiger partial charge on any atom is 0.263 e. The van der Waals surface area contributed by atoms with E-state index in [0.29, 0.717) is 52.9 Å². The SMILES string of the molecule is CC(=O)c1c(C)c2cnc(Nc3cc(F)c4c(c3)OCC3=CN(C5CCN(C)CC5)CCN34)nc2n(C2CCCC2)c1=O. The highest BCUT2D eigenvalue weighted by molar-refractivity contribution is 5.99. The molecule has 1 saturated carbocycles. The molecule has 0 atom stereocenters. The number of piperidine rings is 1. The van der Waals surface area contributed by atoms with Gasteiger partial charge in [-0.3, -0.25) is 14.2 Å². The van der Waals surface area contributed by atoms with E-state index in [9.17, 15) is 9.59 Å². The molecule has 10 nitrogen and oxygen atoms in total. The smallest absolute Gasteiger partial charge is 0.263 e. The molecule has 5 heterocycles. The van der Waals surface area contributed by atoms with Gasteiger partial charge in [-0.2, -0.15) is 4.98 Å². The van der Waals surface area contributed by atoms with Gasteiger partial charge in [-0.05, 0) is 71.3 Å². The van der Waals surface area contributed by atoms with Crippen LogP contribution in [0.15, 0.2) is 35.0 Å². The van der Waals surface area contributed by atoms with Crippen LogP contribution in [0.4, 0.5) is 21.7 Å². The summed E-state index contributed by atoms with van der Waals surface area (Å²) in [4.78, 5) is 42.0. The summed E-state index contributed by atoms with van der Waals surface area (Å²) in [5, 5.41) is 3.80. The Morgan fingerprint density at radius 1 is 1.07 bits per heavy atom. The number of ketones is 1. The highest BCUT2D eigenvalue weighted by atomic mass is 19.1. The number of Topliss-reactive ketones (excluding diaryl/α,β-unsaturated/α-hetero) is 1. The van der Waals surface area contributed by atoms with Gasteiger partial charge in [0.25, 0.3) is 5.56 Å². The lowest BCUT2D eigenvalue weighted by Crippen LogP contribution is -2.48. The van der Waals surface area contributed by atoms with Crippen LogP contribution in [0.1, 0.15) is 67.4 Å². The molecule has 1 N–H and O–H groups in total. The molecule has 0 bridgehead atoms. The highest BCUT2D eigenvalue weighted by Crippen LogP contribution is 2.42. The van der Waals surface area contributed by atoms with E-state index in [2.05, 4.69) is 33.3 Å². The van der Waals surface area contributed by atoms with E-state index in [1.807, 2.05) is 4.90 Å². The normalized spacial score (nSPS) is 19.7. The van der Waals surface area contributed by atoms with Crippen LogP contribution in [-0.4, -0.2) is 76.0 Å². The van der Waals surface area contributed by atoms with Gasteiger partial charge in [-0.15, -0.1) is 0 Å². The third-order valence-corrected chi connectivity index (χ3v) is 9.58. The van der Waals surface area contributed by atoms with Gasteiger partial charge in [0.1, 0.15) is 23.7 Å². The quantitative estimate of drug-likeness (QED) is 0.425. The molecule has 0 spiro atoms. The third-order valence-electron chi connectivity index (χ3n) is 9.58. The second-order valence-corrected chi connectivity index (χ2v) is 12.4. The van der Waals surface area contributed by atoms with Gasteiger partial charge in [0.15, 0.2) is 11.6 Å². The number of ether oxygens (including phenoxy) is 1. The second-order valence-electron chi connectivity index (χ2n) is 12.4. The van der Waals surface area contributed by atoms with Gasteiger partial charge in [0.2, 0.25) is 5.95 Å². The van der Waals surface area contributed by atoms with E-state index < -0.39 is 0 Å². The fourth-order valence-corrected chi connectivity index (χ4v) is 7.28. The molecule has 0 unspecified atom stereocenters. The van der Waals surface area contributed by atoms with E-state index in [-0.39, 0.29) is 34.7 Å². The van der Waals surface area contributed by atoms with Crippen molar-refractivity contribution in [2.24, 2.45) is 0 Å². The van der Waals surface area contributed by atoms with E-state index in [4.69, 9.17) is 9.72 Å². The Hall–Kier alpha value is -3.99. The maximum atomic E-state index is 15.7. The molecular formula is C32H38FN7O3. The fraction of sp³-hybridized carbons (Fsp3) is 0.500. The van der Waals surface area contributed by atoms with Gasteiger partial charge >= 0.3 is 0 Å². The molecule has 1 aliphatic carbocycles. The number of nitrogens with one attached hydrogen (secondary N) is 1. The van der Waals surface area contributed by atoms with Crippen molar-refractivity contribution in [1.82, 2.24) is 24.3 Å². The van der Waals surface area contributed by atoms with Crippen LogP contribution in [0, 0.1) is 12.7 Å². The number of pyridine rings is 1. The number of carbonyl (C=O) groups is 1. The molecule has 1 aromatic carbocycles. The first kappa shape index (κ1) is 27.8. The largest absolute Gasteiger partial charge is 0.485 e. The first-order chi connectivity index (χ1) is 20.8. The number of aromatic nitrogens is 3. The predicted octanol–water partition coefficient (Wildman–Crippen LogP) is 4.75. The number of carbonyl (C=O) groups excluding carboxylic acids is 1. The summed E-state index contributed by atoms with van der Waals surface area (Å²) in [5.74, 6) is 0.0714. The molecule has 3 aliphatic heterocycles. The van der Waals surface area contributed by atoms with E-state index in [1.165, 1.54) is 13.0 Å². The van der Waals surface area contributed by atoms with Gasteiger partial charge < -0.3 is 24.8 Å². The first-order valence-corrected chi connectivity index (χ1v) is 15.4. The predicted molar refractivity (Wildman–Crippen MR) is 164 cm³/mol. The van der Waals surface area contributed by atoms with Crippen molar-refractivity contribution in [2.75, 3.05) is 50.1 Å². The molecule has 2 fully saturated rings. The Morgan fingerprint density at radius 2 is 1.84 bits per heavy atom. The number of hydrogen-bond donors (Lipinski definition) is 1. The lowest BCUT2D eigenvalue weighted by Gasteiger charge is -2.44. The van der Waals surface area contributed by atoms with Crippen LogP contribution >= 0.6 is 0 Å². The van der Waals surface area contributed by atoms with Crippen LogP contribution in [0.25, 0.3) is 11.0 Å². The molecule has 226 valence electrons. The number of hydrogen-bond acceptors (Lipinski definition) is 9. The van der Waals surface area contributed by atoms with Gasteiger partial charge in [0.05, 0.1) is 11.3 Å². The van der Waals surface area contributed by atoms with Crippen LogP contribution in [0.2, 0.25) is 0 Å². The Bertz CT molecular complexity index is 1690. The number of likely N-dealkylation sites (tertiary alicyclic amines) is 1. The topological polar surface area (TPSA) is 95.8 Å². The zero-order chi connectivity index (χ0) is 29.8. The minimum atomic E-state index is -0.385. The summed E-state index contributed by atoms with van der Waals surface area (Å²) >= 11 is 0. The molecule has 3 aromatic rings. The van der Waals surface area contributed by atoms with Crippen molar-refractivity contribution in [2.45, 2.75) is 64.5 Å². The molecule has 0 radical (unpaired) electrons. The van der Waals surface area contributed by atoms with Crippen LogP contribution in [-0.2, 0) is 0 Å². The molecule has 11 heteroatoms. The summed E-state index contributed by atoms with van der Waals surface area (Å²) in [7, 11) is 2.16. The number of fused-ring (bicyclic) bond motifs is 4. The Labute approximate surface area is 250 Å².